The van der Waals surface area contributed by atoms with Gasteiger partial charge in [0.2, 0.25) is 22.7 Å². The van der Waals surface area contributed by atoms with Crippen molar-refractivity contribution in [3.8, 4) is 11.5 Å². The SMILES string of the molecule is O=C(C1CCC1)N1CCN(S(=O)(=O)c2ccc3c(c2)OCO3)CC1. The average Bonchev–Trinajstić information content (AvgIpc) is 3.01. The van der Waals surface area contributed by atoms with E-state index in [1.165, 1.54) is 16.4 Å². The van der Waals surface area contributed by atoms with E-state index in [0.717, 1.165) is 19.3 Å². The maximum atomic E-state index is 12.8. The van der Waals surface area contributed by atoms with E-state index in [-0.39, 0.29) is 23.5 Å². The molecule has 1 amide bonds. The summed E-state index contributed by atoms with van der Waals surface area (Å²) < 4.78 is 37.5. The Balaban J connectivity index is 1.45. The van der Waals surface area contributed by atoms with Crippen molar-refractivity contribution >= 4 is 15.9 Å². The minimum atomic E-state index is -3.58. The van der Waals surface area contributed by atoms with Crippen LogP contribution in [0.1, 0.15) is 19.3 Å². The first-order valence-corrected chi connectivity index (χ1v) is 9.68. The molecule has 0 radical (unpaired) electrons. The van der Waals surface area contributed by atoms with Crippen molar-refractivity contribution in [2.45, 2.75) is 24.2 Å². The van der Waals surface area contributed by atoms with Gasteiger partial charge in [-0.2, -0.15) is 4.31 Å². The Morgan fingerprint density at radius 3 is 2.42 bits per heavy atom. The number of ether oxygens (including phenoxy) is 2. The van der Waals surface area contributed by atoms with Crippen LogP contribution < -0.4 is 9.47 Å². The fourth-order valence-electron chi connectivity index (χ4n) is 3.25. The molecule has 3 aliphatic rings. The number of fused-ring (bicyclic) bond motifs is 1. The molecule has 2 aliphatic heterocycles. The van der Waals surface area contributed by atoms with Crippen LogP contribution in [0.4, 0.5) is 0 Å². The van der Waals surface area contributed by atoms with Gasteiger partial charge in [0.25, 0.3) is 0 Å². The molecule has 1 aromatic rings. The van der Waals surface area contributed by atoms with Gasteiger partial charge >= 0.3 is 0 Å². The van der Waals surface area contributed by atoms with Crippen molar-refractivity contribution in [3.05, 3.63) is 18.2 Å². The first kappa shape index (κ1) is 15.7. The Labute approximate surface area is 141 Å². The molecule has 2 heterocycles. The van der Waals surface area contributed by atoms with Crippen LogP contribution in [-0.2, 0) is 14.8 Å². The van der Waals surface area contributed by atoms with Crippen LogP contribution in [-0.4, -0.2) is 56.5 Å². The van der Waals surface area contributed by atoms with Crippen molar-refractivity contribution in [1.29, 1.82) is 0 Å². The topological polar surface area (TPSA) is 76.2 Å². The zero-order valence-corrected chi connectivity index (χ0v) is 14.1. The second-order valence-corrected chi connectivity index (χ2v) is 8.31. The maximum absolute atomic E-state index is 12.8. The fourth-order valence-corrected chi connectivity index (χ4v) is 4.69. The molecule has 130 valence electrons. The smallest absolute Gasteiger partial charge is 0.243 e. The van der Waals surface area contributed by atoms with Crippen molar-refractivity contribution in [3.63, 3.8) is 0 Å². The van der Waals surface area contributed by atoms with Crippen molar-refractivity contribution in [2.75, 3.05) is 33.0 Å². The van der Waals surface area contributed by atoms with Crippen LogP contribution >= 0.6 is 0 Å². The molecule has 1 saturated carbocycles. The number of amides is 1. The molecule has 0 N–H and O–H groups in total. The molecule has 2 fully saturated rings. The highest BCUT2D eigenvalue weighted by Gasteiger charge is 2.34. The predicted octanol–water partition coefficient (Wildman–Crippen LogP) is 1.05. The first-order chi connectivity index (χ1) is 11.6. The Morgan fingerprint density at radius 2 is 1.75 bits per heavy atom. The van der Waals surface area contributed by atoms with Gasteiger partial charge in [-0.25, -0.2) is 8.42 Å². The second kappa shape index (κ2) is 5.93. The lowest BCUT2D eigenvalue weighted by molar-refractivity contribution is -0.139. The molecule has 7 nitrogen and oxygen atoms in total. The molecule has 8 heteroatoms. The lowest BCUT2D eigenvalue weighted by atomic mass is 9.84. The van der Waals surface area contributed by atoms with Gasteiger partial charge in [-0.05, 0) is 25.0 Å². The minimum absolute atomic E-state index is 0.112. The molecule has 0 spiro atoms. The molecule has 1 saturated heterocycles. The second-order valence-electron chi connectivity index (χ2n) is 6.37. The molecular weight excluding hydrogens is 332 g/mol. The fraction of sp³-hybridized carbons (Fsp3) is 0.562. The van der Waals surface area contributed by atoms with Crippen LogP contribution in [0.5, 0.6) is 11.5 Å². The lowest BCUT2D eigenvalue weighted by Gasteiger charge is -2.37. The van der Waals surface area contributed by atoms with Gasteiger partial charge in [-0.3, -0.25) is 4.79 Å². The molecule has 24 heavy (non-hydrogen) atoms. The van der Waals surface area contributed by atoms with Crippen LogP contribution in [0.2, 0.25) is 0 Å². The third-order valence-electron chi connectivity index (χ3n) is 4.99. The van der Waals surface area contributed by atoms with E-state index in [1.54, 1.807) is 11.0 Å². The summed E-state index contributed by atoms with van der Waals surface area (Å²) in [6, 6.07) is 4.66. The molecule has 4 rings (SSSR count). The van der Waals surface area contributed by atoms with Gasteiger partial charge in [0, 0.05) is 38.2 Å². The van der Waals surface area contributed by atoms with Gasteiger partial charge < -0.3 is 14.4 Å². The number of sulfonamides is 1. The molecule has 0 atom stereocenters. The quantitative estimate of drug-likeness (QED) is 0.813. The number of hydrogen-bond acceptors (Lipinski definition) is 5. The van der Waals surface area contributed by atoms with E-state index >= 15 is 0 Å². The monoisotopic (exact) mass is 352 g/mol. The summed E-state index contributed by atoms with van der Waals surface area (Å²) in [6.07, 6.45) is 3.05. The van der Waals surface area contributed by atoms with Gasteiger partial charge in [-0.15, -0.1) is 0 Å². The van der Waals surface area contributed by atoms with Gasteiger partial charge in [0.15, 0.2) is 11.5 Å². The summed E-state index contributed by atoms with van der Waals surface area (Å²) in [5.74, 6) is 1.35. The molecular formula is C16H20N2O5S. The zero-order valence-electron chi connectivity index (χ0n) is 13.3. The van der Waals surface area contributed by atoms with Gasteiger partial charge in [-0.1, -0.05) is 6.42 Å². The van der Waals surface area contributed by atoms with Crippen LogP contribution in [0.15, 0.2) is 23.1 Å². The molecule has 0 aromatic heterocycles. The number of nitrogens with zero attached hydrogens (tertiary/aromatic N) is 2. The molecule has 1 aromatic carbocycles. The standard InChI is InChI=1S/C16H20N2O5S/c19-16(12-2-1-3-12)17-6-8-18(9-7-17)24(20,21)13-4-5-14-15(10-13)23-11-22-14/h4-5,10,12H,1-3,6-9,11H2. The largest absolute Gasteiger partial charge is 0.454 e. The van der Waals surface area contributed by atoms with Crippen molar-refractivity contribution < 1.29 is 22.7 Å². The van der Waals surface area contributed by atoms with Crippen molar-refractivity contribution in [1.82, 2.24) is 9.21 Å². The summed E-state index contributed by atoms with van der Waals surface area (Å²) in [5.41, 5.74) is 0. The Kier molecular flexibility index (Phi) is 3.88. The average molecular weight is 352 g/mol. The molecule has 0 unspecified atom stereocenters. The third kappa shape index (κ3) is 2.63. The Hall–Kier alpha value is -1.80. The number of piperazine rings is 1. The van der Waals surface area contributed by atoms with E-state index in [4.69, 9.17) is 9.47 Å². The highest BCUT2D eigenvalue weighted by Crippen LogP contribution is 2.35. The Morgan fingerprint density at radius 1 is 1.04 bits per heavy atom. The summed E-state index contributed by atoms with van der Waals surface area (Å²) in [6.45, 7) is 1.68. The summed E-state index contributed by atoms with van der Waals surface area (Å²) in [5, 5.41) is 0. The highest BCUT2D eigenvalue weighted by atomic mass is 32.2. The van der Waals surface area contributed by atoms with E-state index in [9.17, 15) is 13.2 Å². The summed E-state index contributed by atoms with van der Waals surface area (Å²) >= 11 is 0. The molecule has 0 bridgehead atoms. The van der Waals surface area contributed by atoms with Gasteiger partial charge in [0.05, 0.1) is 4.90 Å². The number of rotatable bonds is 3. The lowest BCUT2D eigenvalue weighted by Crippen LogP contribution is -2.52. The minimum Gasteiger partial charge on any atom is -0.454 e. The highest BCUT2D eigenvalue weighted by molar-refractivity contribution is 7.89. The number of carbonyl (C=O) groups excluding carboxylic acids is 1. The van der Waals surface area contributed by atoms with E-state index in [1.807, 2.05) is 0 Å². The van der Waals surface area contributed by atoms with Crippen LogP contribution in [0, 0.1) is 5.92 Å². The van der Waals surface area contributed by atoms with Crippen molar-refractivity contribution in [2.24, 2.45) is 5.92 Å². The normalized spacial score (nSPS) is 21.6. The number of hydrogen-bond donors (Lipinski definition) is 0. The van der Waals surface area contributed by atoms with Crippen LogP contribution in [0.25, 0.3) is 0 Å². The predicted molar refractivity (Wildman–Crippen MR) is 85.2 cm³/mol. The number of carbonyl (C=O) groups is 1. The van der Waals surface area contributed by atoms with E-state index < -0.39 is 10.0 Å². The summed E-state index contributed by atoms with van der Waals surface area (Å²) in [4.78, 5) is 14.3. The third-order valence-corrected chi connectivity index (χ3v) is 6.88. The molecule has 1 aliphatic carbocycles. The summed E-state index contributed by atoms with van der Waals surface area (Å²) in [7, 11) is -3.58. The maximum Gasteiger partial charge on any atom is 0.243 e. The van der Waals surface area contributed by atoms with E-state index in [0.29, 0.717) is 37.7 Å². The number of benzene rings is 1. The first-order valence-electron chi connectivity index (χ1n) is 8.24. The Bertz CT molecular complexity index is 752. The van der Waals surface area contributed by atoms with Crippen LogP contribution in [0.3, 0.4) is 0 Å². The zero-order chi connectivity index (χ0) is 16.7. The van der Waals surface area contributed by atoms with Gasteiger partial charge in [0.1, 0.15) is 0 Å². The van der Waals surface area contributed by atoms with E-state index in [2.05, 4.69) is 0 Å².